The molecule has 3 nitrogen and oxygen atoms in total. The highest BCUT2D eigenvalue weighted by Crippen LogP contribution is 2.19. The average molecular weight is 297 g/mol. The van der Waals surface area contributed by atoms with Crippen molar-refractivity contribution in [3.8, 4) is 5.75 Å². The maximum absolute atomic E-state index is 12.2. The van der Waals surface area contributed by atoms with Crippen molar-refractivity contribution in [2.24, 2.45) is 0 Å². The minimum Gasteiger partial charge on any atom is -0.481 e. The molecule has 0 unspecified atom stereocenters. The van der Waals surface area contributed by atoms with E-state index in [2.05, 4.69) is 12.2 Å². The van der Waals surface area contributed by atoms with Gasteiger partial charge in [-0.1, -0.05) is 49.4 Å². The Labute approximate surface area is 132 Å². The van der Waals surface area contributed by atoms with Crippen molar-refractivity contribution in [3.05, 3.63) is 65.2 Å². The molecule has 1 N–H and O–H groups in total. The number of amides is 1. The average Bonchev–Trinajstić information content (AvgIpc) is 2.54. The summed E-state index contributed by atoms with van der Waals surface area (Å²) in [5.74, 6) is 0.678. The molecule has 0 fully saturated rings. The highest BCUT2D eigenvalue weighted by atomic mass is 16.5. The molecule has 0 heterocycles. The van der Waals surface area contributed by atoms with Crippen LogP contribution in [0.1, 0.15) is 30.5 Å². The normalized spacial score (nSPS) is 11.8. The Morgan fingerprint density at radius 1 is 1.09 bits per heavy atom. The third-order valence-electron chi connectivity index (χ3n) is 3.74. The second-order valence-corrected chi connectivity index (χ2v) is 5.37. The van der Waals surface area contributed by atoms with Crippen LogP contribution in [-0.2, 0) is 17.8 Å². The number of hydrogen-bond acceptors (Lipinski definition) is 2. The molecule has 1 atom stereocenters. The van der Waals surface area contributed by atoms with Crippen LogP contribution in [0.4, 0.5) is 0 Å². The Morgan fingerprint density at radius 3 is 2.41 bits per heavy atom. The van der Waals surface area contributed by atoms with Gasteiger partial charge in [-0.2, -0.15) is 0 Å². The van der Waals surface area contributed by atoms with E-state index in [4.69, 9.17) is 4.74 Å². The van der Waals surface area contributed by atoms with Crippen LogP contribution in [0.5, 0.6) is 5.75 Å². The molecule has 1 amide bonds. The summed E-state index contributed by atoms with van der Waals surface area (Å²) in [7, 11) is 0. The zero-order valence-electron chi connectivity index (χ0n) is 13.4. The van der Waals surface area contributed by atoms with Gasteiger partial charge in [-0.3, -0.25) is 4.79 Å². The first kappa shape index (κ1) is 16.1. The predicted molar refractivity (Wildman–Crippen MR) is 88.9 cm³/mol. The molecule has 0 radical (unpaired) electrons. The summed E-state index contributed by atoms with van der Waals surface area (Å²) in [5, 5.41) is 2.93. The molecule has 116 valence electrons. The molecule has 0 spiro atoms. The largest absolute Gasteiger partial charge is 0.481 e. The van der Waals surface area contributed by atoms with Crippen molar-refractivity contribution in [2.75, 3.05) is 0 Å². The van der Waals surface area contributed by atoms with Gasteiger partial charge in [-0.15, -0.1) is 0 Å². The monoisotopic (exact) mass is 297 g/mol. The van der Waals surface area contributed by atoms with E-state index in [0.717, 1.165) is 23.3 Å². The molecule has 3 heteroatoms. The summed E-state index contributed by atoms with van der Waals surface area (Å²) in [6.07, 6.45) is 0.366. The number of benzene rings is 2. The molecule has 2 aromatic carbocycles. The second kappa shape index (κ2) is 7.64. The van der Waals surface area contributed by atoms with Crippen LogP contribution < -0.4 is 10.1 Å². The van der Waals surface area contributed by atoms with Crippen LogP contribution in [-0.4, -0.2) is 12.0 Å². The number of hydrogen-bond donors (Lipinski definition) is 1. The minimum absolute atomic E-state index is 0.103. The third-order valence-corrected chi connectivity index (χ3v) is 3.74. The molecule has 2 aromatic rings. The fraction of sp³-hybridized carbons (Fsp3) is 0.316. The van der Waals surface area contributed by atoms with Crippen molar-refractivity contribution in [3.63, 3.8) is 0 Å². The van der Waals surface area contributed by atoms with Crippen LogP contribution in [0.2, 0.25) is 0 Å². The van der Waals surface area contributed by atoms with E-state index < -0.39 is 6.10 Å². The van der Waals surface area contributed by atoms with Gasteiger partial charge in [0.1, 0.15) is 5.75 Å². The van der Waals surface area contributed by atoms with E-state index >= 15 is 0 Å². The number of carbonyl (C=O) groups is 1. The first-order valence-corrected chi connectivity index (χ1v) is 7.68. The van der Waals surface area contributed by atoms with Crippen LogP contribution >= 0.6 is 0 Å². The standard InChI is InChI=1S/C19H23NO2/c1-4-16-10-7-8-12-18(16)22-15(3)19(21)20-13-17-11-6-5-9-14(17)2/h5-12,15H,4,13H2,1-3H3,(H,20,21)/t15-/m1/s1. The van der Waals surface area contributed by atoms with Crippen LogP contribution in [0.15, 0.2) is 48.5 Å². The van der Waals surface area contributed by atoms with Gasteiger partial charge in [0.15, 0.2) is 6.10 Å². The molecular weight excluding hydrogens is 274 g/mol. The summed E-state index contributed by atoms with van der Waals surface area (Å²) in [4.78, 5) is 12.2. The number of nitrogens with one attached hydrogen (secondary N) is 1. The zero-order chi connectivity index (χ0) is 15.9. The molecule has 0 saturated heterocycles. The van der Waals surface area contributed by atoms with Gasteiger partial charge < -0.3 is 10.1 Å². The number of ether oxygens (including phenoxy) is 1. The molecule has 0 saturated carbocycles. The van der Waals surface area contributed by atoms with Gasteiger partial charge in [-0.05, 0) is 43.0 Å². The lowest BCUT2D eigenvalue weighted by Crippen LogP contribution is -2.36. The lowest BCUT2D eigenvalue weighted by molar-refractivity contribution is -0.127. The van der Waals surface area contributed by atoms with E-state index in [1.165, 1.54) is 5.56 Å². The van der Waals surface area contributed by atoms with E-state index in [1.807, 2.05) is 55.5 Å². The van der Waals surface area contributed by atoms with Crippen molar-refractivity contribution in [1.29, 1.82) is 0 Å². The molecule has 2 rings (SSSR count). The van der Waals surface area contributed by atoms with Gasteiger partial charge in [0, 0.05) is 6.54 Å². The van der Waals surface area contributed by atoms with E-state index in [1.54, 1.807) is 6.92 Å². The van der Waals surface area contributed by atoms with E-state index in [9.17, 15) is 4.79 Å². The first-order valence-electron chi connectivity index (χ1n) is 7.68. The van der Waals surface area contributed by atoms with Crippen LogP contribution in [0.3, 0.4) is 0 Å². The lowest BCUT2D eigenvalue weighted by atomic mass is 10.1. The molecule has 0 aliphatic carbocycles. The summed E-state index contributed by atoms with van der Waals surface area (Å²) >= 11 is 0. The summed E-state index contributed by atoms with van der Waals surface area (Å²) in [6.45, 7) is 6.41. The summed E-state index contributed by atoms with van der Waals surface area (Å²) in [5.41, 5.74) is 3.41. The number of carbonyl (C=O) groups excluding carboxylic acids is 1. The van der Waals surface area contributed by atoms with Gasteiger partial charge >= 0.3 is 0 Å². The zero-order valence-corrected chi connectivity index (χ0v) is 13.4. The maximum atomic E-state index is 12.2. The number of rotatable bonds is 6. The Morgan fingerprint density at radius 2 is 1.73 bits per heavy atom. The molecule has 0 aromatic heterocycles. The van der Waals surface area contributed by atoms with Crippen molar-refractivity contribution < 1.29 is 9.53 Å². The van der Waals surface area contributed by atoms with Gasteiger partial charge in [0.25, 0.3) is 5.91 Å². The van der Waals surface area contributed by atoms with E-state index in [0.29, 0.717) is 6.54 Å². The smallest absolute Gasteiger partial charge is 0.261 e. The molecule has 22 heavy (non-hydrogen) atoms. The quantitative estimate of drug-likeness (QED) is 0.884. The Bertz CT molecular complexity index is 637. The minimum atomic E-state index is -0.517. The first-order chi connectivity index (χ1) is 10.6. The maximum Gasteiger partial charge on any atom is 0.261 e. The van der Waals surface area contributed by atoms with Gasteiger partial charge in [0.05, 0.1) is 0 Å². The highest BCUT2D eigenvalue weighted by molar-refractivity contribution is 5.80. The lowest BCUT2D eigenvalue weighted by Gasteiger charge is -2.17. The Balaban J connectivity index is 1.94. The highest BCUT2D eigenvalue weighted by Gasteiger charge is 2.15. The van der Waals surface area contributed by atoms with Crippen LogP contribution in [0.25, 0.3) is 0 Å². The van der Waals surface area contributed by atoms with Gasteiger partial charge in [-0.25, -0.2) is 0 Å². The fourth-order valence-corrected chi connectivity index (χ4v) is 2.29. The summed E-state index contributed by atoms with van der Waals surface area (Å²) < 4.78 is 5.80. The van der Waals surface area contributed by atoms with Gasteiger partial charge in [0.2, 0.25) is 0 Å². The second-order valence-electron chi connectivity index (χ2n) is 5.37. The van der Waals surface area contributed by atoms with E-state index in [-0.39, 0.29) is 5.91 Å². The predicted octanol–water partition coefficient (Wildman–Crippen LogP) is 3.64. The summed E-state index contributed by atoms with van der Waals surface area (Å²) in [6, 6.07) is 15.9. The van der Waals surface area contributed by atoms with Crippen LogP contribution in [0, 0.1) is 6.92 Å². The fourth-order valence-electron chi connectivity index (χ4n) is 2.29. The molecule has 0 aliphatic rings. The van der Waals surface area contributed by atoms with Crippen molar-refractivity contribution >= 4 is 5.91 Å². The number of aryl methyl sites for hydroxylation is 2. The number of para-hydroxylation sites is 1. The SMILES string of the molecule is CCc1ccccc1O[C@H](C)C(=O)NCc1ccccc1C. The molecule has 0 aliphatic heterocycles. The van der Waals surface area contributed by atoms with Crippen molar-refractivity contribution in [2.45, 2.75) is 39.8 Å². The third kappa shape index (κ3) is 4.10. The van der Waals surface area contributed by atoms with Crippen molar-refractivity contribution in [1.82, 2.24) is 5.32 Å². The Hall–Kier alpha value is -2.29. The molecule has 0 bridgehead atoms. The molecular formula is C19H23NO2. The Kier molecular flexibility index (Phi) is 5.59. The topological polar surface area (TPSA) is 38.3 Å².